The first-order valence-electron chi connectivity index (χ1n) is 10.3. The van der Waals surface area contributed by atoms with Crippen LogP contribution in [0.15, 0.2) is 18.2 Å². The Balaban J connectivity index is 1.39. The lowest BCUT2D eigenvalue weighted by atomic mass is 9.98. The summed E-state index contributed by atoms with van der Waals surface area (Å²) in [5, 5.41) is 2.22. The van der Waals surface area contributed by atoms with E-state index in [0.29, 0.717) is 42.2 Å². The van der Waals surface area contributed by atoms with E-state index in [1.807, 2.05) is 6.07 Å². The summed E-state index contributed by atoms with van der Waals surface area (Å²) in [5.41, 5.74) is 7.64. The highest BCUT2D eigenvalue weighted by molar-refractivity contribution is 6.23. The number of benzene rings is 1. The highest BCUT2D eigenvalue weighted by Gasteiger charge is 2.46. The molecule has 3 N–H and O–H groups in total. The van der Waals surface area contributed by atoms with Gasteiger partial charge in [-0.1, -0.05) is 6.07 Å². The van der Waals surface area contributed by atoms with Crippen molar-refractivity contribution in [2.24, 2.45) is 11.7 Å². The zero-order valence-corrected chi connectivity index (χ0v) is 16.1. The van der Waals surface area contributed by atoms with Crippen molar-refractivity contribution in [1.29, 1.82) is 0 Å². The Bertz CT molecular complexity index is 929. The second kappa shape index (κ2) is 6.74. The minimum absolute atomic E-state index is 0.118. The van der Waals surface area contributed by atoms with E-state index in [-0.39, 0.29) is 18.7 Å². The molecule has 0 radical (unpaired) electrons. The van der Waals surface area contributed by atoms with Crippen molar-refractivity contribution in [2.75, 3.05) is 6.54 Å². The van der Waals surface area contributed by atoms with Crippen LogP contribution in [0.25, 0.3) is 0 Å². The molecule has 0 aromatic heterocycles. The third-order valence-electron chi connectivity index (χ3n) is 7.00. The molecule has 3 aliphatic heterocycles. The molecule has 0 spiro atoms. The molecule has 2 bridgehead atoms. The lowest BCUT2D eigenvalue weighted by Crippen LogP contribution is -2.54. The van der Waals surface area contributed by atoms with Gasteiger partial charge in [-0.25, -0.2) is 0 Å². The minimum Gasteiger partial charge on any atom is -0.329 e. The first-order valence-corrected chi connectivity index (χ1v) is 10.3. The molecule has 8 heteroatoms. The molecule has 4 atom stereocenters. The Morgan fingerprint density at radius 1 is 1.03 bits per heavy atom. The van der Waals surface area contributed by atoms with Crippen molar-refractivity contribution in [2.45, 2.75) is 56.8 Å². The van der Waals surface area contributed by atoms with Crippen LogP contribution in [0.4, 0.5) is 0 Å². The number of piperidine rings is 2. The molecule has 29 heavy (non-hydrogen) atoms. The fourth-order valence-electron chi connectivity index (χ4n) is 5.59. The molecular formula is C21H24N4O4. The van der Waals surface area contributed by atoms with Gasteiger partial charge in [-0.15, -0.1) is 0 Å². The van der Waals surface area contributed by atoms with Gasteiger partial charge in [0, 0.05) is 31.6 Å². The van der Waals surface area contributed by atoms with E-state index in [9.17, 15) is 19.2 Å². The molecule has 3 heterocycles. The number of carbonyl (C=O) groups is 4. The molecule has 2 saturated heterocycles. The van der Waals surface area contributed by atoms with Gasteiger partial charge in [0.2, 0.25) is 11.8 Å². The smallest absolute Gasteiger partial charge is 0.262 e. The monoisotopic (exact) mass is 396 g/mol. The third-order valence-corrected chi connectivity index (χ3v) is 7.00. The molecule has 1 unspecified atom stereocenters. The van der Waals surface area contributed by atoms with E-state index in [2.05, 4.69) is 10.2 Å². The predicted octanol–water partition coefficient (Wildman–Crippen LogP) is 0.399. The summed E-state index contributed by atoms with van der Waals surface area (Å²) in [6.07, 6.45) is 3.90. The molecule has 4 aliphatic rings. The Hall–Kier alpha value is -2.58. The van der Waals surface area contributed by atoms with Crippen LogP contribution in [0.5, 0.6) is 0 Å². The number of rotatable bonds is 4. The Labute approximate surface area is 168 Å². The highest BCUT2D eigenvalue weighted by atomic mass is 16.2. The standard InChI is InChI=1S/C21H24N4O4/c22-9-17-12-2-3-13(8-12)24(17)10-11-1-4-14-15(7-11)21(29)25(20(14)28)16-5-6-18(26)23-19(16)27/h1,4,7,12-13,16-17H,2-3,5-6,8-10,22H2,(H,23,26,27)/t12-,13+,16?,17+/m0/s1. The second-order valence-electron chi connectivity index (χ2n) is 8.53. The van der Waals surface area contributed by atoms with Crippen LogP contribution in [0.1, 0.15) is 58.4 Å². The Kier molecular flexibility index (Phi) is 4.29. The van der Waals surface area contributed by atoms with Gasteiger partial charge in [0.25, 0.3) is 11.8 Å². The lowest BCUT2D eigenvalue weighted by Gasteiger charge is -2.34. The van der Waals surface area contributed by atoms with Gasteiger partial charge in [-0.05, 0) is 49.3 Å². The Morgan fingerprint density at radius 3 is 2.59 bits per heavy atom. The van der Waals surface area contributed by atoms with Crippen LogP contribution in [0.3, 0.4) is 0 Å². The molecule has 1 aromatic rings. The quantitative estimate of drug-likeness (QED) is 0.713. The van der Waals surface area contributed by atoms with E-state index in [1.54, 1.807) is 12.1 Å². The normalized spacial score (nSPS) is 31.6. The van der Waals surface area contributed by atoms with Crippen LogP contribution < -0.4 is 11.1 Å². The average molecular weight is 396 g/mol. The van der Waals surface area contributed by atoms with E-state index >= 15 is 0 Å². The maximum atomic E-state index is 13.0. The van der Waals surface area contributed by atoms with Crippen molar-refractivity contribution < 1.29 is 19.2 Å². The van der Waals surface area contributed by atoms with Crippen LogP contribution in [-0.2, 0) is 16.1 Å². The summed E-state index contributed by atoms with van der Waals surface area (Å²) in [6, 6.07) is 5.33. The van der Waals surface area contributed by atoms with Gasteiger partial charge < -0.3 is 5.73 Å². The average Bonchev–Trinajstić information content (AvgIpc) is 3.36. The number of fused-ring (bicyclic) bond motifs is 3. The van der Waals surface area contributed by atoms with Crippen molar-refractivity contribution in [3.05, 3.63) is 34.9 Å². The number of nitrogens with two attached hydrogens (primary N) is 1. The van der Waals surface area contributed by atoms with Gasteiger partial charge in [0.15, 0.2) is 0 Å². The molecule has 1 saturated carbocycles. The van der Waals surface area contributed by atoms with Crippen molar-refractivity contribution in [3.8, 4) is 0 Å². The first kappa shape index (κ1) is 18.4. The zero-order chi connectivity index (χ0) is 20.3. The van der Waals surface area contributed by atoms with E-state index in [0.717, 1.165) is 10.5 Å². The summed E-state index contributed by atoms with van der Waals surface area (Å²) in [7, 11) is 0. The largest absolute Gasteiger partial charge is 0.329 e. The van der Waals surface area contributed by atoms with Crippen molar-refractivity contribution >= 4 is 23.6 Å². The number of hydrogen-bond acceptors (Lipinski definition) is 6. The second-order valence-corrected chi connectivity index (χ2v) is 8.53. The summed E-state index contributed by atoms with van der Waals surface area (Å²) < 4.78 is 0. The van der Waals surface area contributed by atoms with Crippen molar-refractivity contribution in [3.63, 3.8) is 0 Å². The summed E-state index contributed by atoms with van der Waals surface area (Å²) in [4.78, 5) is 52.8. The zero-order valence-electron chi connectivity index (χ0n) is 16.1. The number of hydrogen-bond donors (Lipinski definition) is 2. The number of carbonyl (C=O) groups excluding carboxylic acids is 4. The molecule has 5 rings (SSSR count). The number of nitrogens with one attached hydrogen (secondary N) is 1. The summed E-state index contributed by atoms with van der Waals surface area (Å²) >= 11 is 0. The number of amides is 4. The lowest BCUT2D eigenvalue weighted by molar-refractivity contribution is -0.136. The molecule has 3 fully saturated rings. The third kappa shape index (κ3) is 2.81. The summed E-state index contributed by atoms with van der Waals surface area (Å²) in [5.74, 6) is -1.23. The maximum Gasteiger partial charge on any atom is 0.262 e. The van der Waals surface area contributed by atoms with Gasteiger partial charge in [0.05, 0.1) is 11.1 Å². The molecule has 1 aromatic carbocycles. The van der Waals surface area contributed by atoms with Crippen LogP contribution >= 0.6 is 0 Å². The van der Waals surface area contributed by atoms with Gasteiger partial charge in [-0.2, -0.15) is 0 Å². The van der Waals surface area contributed by atoms with Crippen molar-refractivity contribution in [1.82, 2.24) is 15.1 Å². The van der Waals surface area contributed by atoms with Gasteiger partial charge in [-0.3, -0.25) is 34.3 Å². The molecular weight excluding hydrogens is 372 g/mol. The number of imide groups is 2. The van der Waals surface area contributed by atoms with E-state index in [1.165, 1.54) is 19.3 Å². The molecule has 8 nitrogen and oxygen atoms in total. The van der Waals surface area contributed by atoms with Gasteiger partial charge >= 0.3 is 0 Å². The maximum absolute atomic E-state index is 13.0. The van der Waals surface area contributed by atoms with Gasteiger partial charge in [0.1, 0.15) is 6.04 Å². The molecule has 4 amide bonds. The van der Waals surface area contributed by atoms with Crippen LogP contribution in [0.2, 0.25) is 0 Å². The van der Waals surface area contributed by atoms with E-state index < -0.39 is 23.8 Å². The molecule has 1 aliphatic carbocycles. The fraction of sp³-hybridized carbons (Fsp3) is 0.524. The number of nitrogens with zero attached hydrogens (tertiary/aromatic N) is 2. The first-order chi connectivity index (χ1) is 14.0. The predicted molar refractivity (Wildman–Crippen MR) is 103 cm³/mol. The Morgan fingerprint density at radius 2 is 1.83 bits per heavy atom. The topological polar surface area (TPSA) is 113 Å². The van der Waals surface area contributed by atoms with E-state index in [4.69, 9.17) is 5.73 Å². The highest BCUT2D eigenvalue weighted by Crippen LogP contribution is 2.43. The fourth-order valence-corrected chi connectivity index (χ4v) is 5.59. The minimum atomic E-state index is -0.931. The summed E-state index contributed by atoms with van der Waals surface area (Å²) in [6.45, 7) is 1.34. The molecule has 152 valence electrons. The van der Waals surface area contributed by atoms with Crippen LogP contribution in [-0.4, -0.2) is 58.1 Å². The number of likely N-dealkylation sites (tertiary alicyclic amines) is 1. The SMILES string of the molecule is NC[C@@H]1[C@H]2CC[C@H](C2)N1Cc1ccc2c(c1)C(=O)N(C1CCC(=O)NC1=O)C2=O. The van der Waals surface area contributed by atoms with Crippen LogP contribution in [0, 0.1) is 5.92 Å².